The summed E-state index contributed by atoms with van der Waals surface area (Å²) < 4.78 is 1.69. The highest BCUT2D eigenvalue weighted by Crippen LogP contribution is 2.19. The molecule has 0 atom stereocenters. The van der Waals surface area contributed by atoms with Crippen LogP contribution in [0.15, 0.2) is 6.20 Å². The molecule has 1 N–H and O–H groups in total. The molecule has 1 aromatic rings. The summed E-state index contributed by atoms with van der Waals surface area (Å²) in [5, 5.41) is 11.1. The largest absolute Gasteiger partial charge is 0.338 e. The van der Waals surface area contributed by atoms with Crippen molar-refractivity contribution in [2.24, 2.45) is 0 Å². The van der Waals surface area contributed by atoms with Gasteiger partial charge in [-0.15, -0.1) is 5.10 Å². The van der Waals surface area contributed by atoms with E-state index in [2.05, 4.69) is 15.6 Å². The summed E-state index contributed by atoms with van der Waals surface area (Å²) in [4.78, 5) is 14.4. The third-order valence-electron chi connectivity index (χ3n) is 3.18. The first-order valence-electron chi connectivity index (χ1n) is 5.91. The predicted molar refractivity (Wildman–Crippen MR) is 63.5 cm³/mol. The lowest BCUT2D eigenvalue weighted by Gasteiger charge is -2.34. The molecule has 1 saturated heterocycles. The molecular weight excluding hydrogens is 218 g/mol. The van der Waals surface area contributed by atoms with E-state index in [1.807, 2.05) is 25.7 Å². The average molecular weight is 237 g/mol. The quantitative estimate of drug-likeness (QED) is 0.770. The Bertz CT molecular complexity index is 406. The van der Waals surface area contributed by atoms with E-state index in [4.69, 9.17) is 0 Å². The molecule has 1 amide bonds. The highest BCUT2D eigenvalue weighted by Gasteiger charge is 2.36. The van der Waals surface area contributed by atoms with Crippen molar-refractivity contribution in [2.75, 3.05) is 26.2 Å². The van der Waals surface area contributed by atoms with Crippen molar-refractivity contribution in [2.45, 2.75) is 26.3 Å². The van der Waals surface area contributed by atoms with Crippen molar-refractivity contribution in [3.63, 3.8) is 0 Å². The summed E-state index contributed by atoms with van der Waals surface area (Å²) in [5.74, 6) is 0.104. The number of nitrogens with zero attached hydrogens (tertiary/aromatic N) is 4. The summed E-state index contributed by atoms with van der Waals surface area (Å²) >= 11 is 0. The Kier molecular flexibility index (Phi) is 3.15. The zero-order valence-corrected chi connectivity index (χ0v) is 10.6. The van der Waals surface area contributed by atoms with Crippen molar-refractivity contribution in [3.05, 3.63) is 11.9 Å². The molecule has 2 heterocycles. The Labute approximate surface area is 101 Å². The van der Waals surface area contributed by atoms with Gasteiger partial charge in [-0.05, 0) is 20.8 Å². The molecule has 1 aliphatic heterocycles. The van der Waals surface area contributed by atoms with Gasteiger partial charge in [0.15, 0.2) is 0 Å². The van der Waals surface area contributed by atoms with Gasteiger partial charge >= 0.3 is 0 Å². The maximum absolute atomic E-state index is 12.5. The fourth-order valence-electron chi connectivity index (χ4n) is 2.18. The van der Waals surface area contributed by atoms with Gasteiger partial charge in [-0.3, -0.25) is 4.79 Å². The van der Waals surface area contributed by atoms with Gasteiger partial charge in [-0.25, -0.2) is 4.68 Å². The van der Waals surface area contributed by atoms with Crippen LogP contribution in [0.4, 0.5) is 0 Å². The number of carbonyl (C=O) groups excluding carboxylic acids is 1. The standard InChI is InChI=1S/C11H19N5O/c1-9-8-13-14-16(9)11(2,3)10(17)15-6-4-12-5-7-15/h8,12H,4-7H2,1-3H3. The molecule has 6 nitrogen and oxygen atoms in total. The second kappa shape index (κ2) is 4.44. The average Bonchev–Trinajstić information content (AvgIpc) is 2.76. The van der Waals surface area contributed by atoms with E-state index in [0.29, 0.717) is 0 Å². The van der Waals surface area contributed by atoms with Crippen LogP contribution >= 0.6 is 0 Å². The number of nitrogens with one attached hydrogen (secondary N) is 1. The number of aryl methyl sites for hydroxylation is 1. The summed E-state index contributed by atoms with van der Waals surface area (Å²) in [6.45, 7) is 8.92. The highest BCUT2D eigenvalue weighted by atomic mass is 16.2. The molecule has 94 valence electrons. The summed E-state index contributed by atoms with van der Waals surface area (Å²) in [7, 11) is 0. The Balaban J connectivity index is 2.20. The van der Waals surface area contributed by atoms with E-state index < -0.39 is 5.54 Å². The molecule has 0 aliphatic carbocycles. The monoisotopic (exact) mass is 237 g/mol. The normalized spacial score (nSPS) is 17.2. The van der Waals surface area contributed by atoms with Crippen LogP contribution < -0.4 is 5.32 Å². The minimum absolute atomic E-state index is 0.104. The Hall–Kier alpha value is -1.43. The molecule has 1 aromatic heterocycles. The number of carbonyl (C=O) groups is 1. The number of piperazine rings is 1. The van der Waals surface area contributed by atoms with Crippen molar-refractivity contribution in [1.82, 2.24) is 25.2 Å². The van der Waals surface area contributed by atoms with Gasteiger partial charge in [-0.1, -0.05) is 5.21 Å². The van der Waals surface area contributed by atoms with Crippen LogP contribution in [0.5, 0.6) is 0 Å². The molecule has 0 bridgehead atoms. The predicted octanol–water partition coefficient (Wildman–Crippen LogP) is -0.247. The topological polar surface area (TPSA) is 63.1 Å². The van der Waals surface area contributed by atoms with Crippen LogP contribution in [-0.2, 0) is 10.3 Å². The van der Waals surface area contributed by atoms with Gasteiger partial charge in [0.25, 0.3) is 0 Å². The molecule has 1 aliphatic rings. The maximum atomic E-state index is 12.5. The van der Waals surface area contributed by atoms with Crippen molar-refractivity contribution in [3.8, 4) is 0 Å². The molecule has 6 heteroatoms. The molecule has 0 aromatic carbocycles. The van der Waals surface area contributed by atoms with Crippen LogP contribution in [0.3, 0.4) is 0 Å². The SMILES string of the molecule is Cc1cnnn1C(C)(C)C(=O)N1CCNCC1. The van der Waals surface area contributed by atoms with Crippen molar-refractivity contribution >= 4 is 5.91 Å². The smallest absolute Gasteiger partial charge is 0.250 e. The van der Waals surface area contributed by atoms with E-state index in [0.717, 1.165) is 31.9 Å². The molecular formula is C11H19N5O. The molecule has 1 fully saturated rings. The van der Waals surface area contributed by atoms with E-state index in [1.165, 1.54) is 0 Å². The Morgan fingerprint density at radius 1 is 1.41 bits per heavy atom. The first-order valence-corrected chi connectivity index (χ1v) is 5.91. The minimum atomic E-state index is -0.669. The third-order valence-corrected chi connectivity index (χ3v) is 3.18. The van der Waals surface area contributed by atoms with Gasteiger partial charge in [-0.2, -0.15) is 0 Å². The lowest BCUT2D eigenvalue weighted by molar-refractivity contribution is -0.140. The van der Waals surface area contributed by atoms with Crippen LogP contribution in [0.1, 0.15) is 19.5 Å². The fraction of sp³-hybridized carbons (Fsp3) is 0.727. The van der Waals surface area contributed by atoms with Crippen LogP contribution in [-0.4, -0.2) is 52.0 Å². The molecule has 2 rings (SSSR count). The summed E-state index contributed by atoms with van der Waals surface area (Å²) in [5.41, 5.74) is 0.233. The summed E-state index contributed by atoms with van der Waals surface area (Å²) in [6.07, 6.45) is 1.67. The third kappa shape index (κ3) is 2.17. The molecule has 0 spiro atoms. The van der Waals surface area contributed by atoms with Crippen LogP contribution in [0.25, 0.3) is 0 Å². The molecule has 0 radical (unpaired) electrons. The zero-order valence-electron chi connectivity index (χ0n) is 10.6. The van der Waals surface area contributed by atoms with Gasteiger partial charge in [0, 0.05) is 26.2 Å². The van der Waals surface area contributed by atoms with Crippen molar-refractivity contribution in [1.29, 1.82) is 0 Å². The van der Waals surface area contributed by atoms with Crippen molar-refractivity contribution < 1.29 is 4.79 Å². The highest BCUT2D eigenvalue weighted by molar-refractivity contribution is 5.83. The van der Waals surface area contributed by atoms with Gasteiger partial charge < -0.3 is 10.2 Å². The molecule has 0 saturated carbocycles. The number of amides is 1. The lowest BCUT2D eigenvalue weighted by atomic mass is 10.0. The molecule has 0 unspecified atom stereocenters. The maximum Gasteiger partial charge on any atom is 0.250 e. The Morgan fingerprint density at radius 3 is 2.59 bits per heavy atom. The first-order chi connectivity index (χ1) is 8.03. The van der Waals surface area contributed by atoms with Gasteiger partial charge in [0.05, 0.1) is 11.9 Å². The van der Waals surface area contributed by atoms with Crippen LogP contribution in [0.2, 0.25) is 0 Å². The second-order valence-electron chi connectivity index (χ2n) is 4.89. The number of rotatable bonds is 2. The number of aromatic nitrogens is 3. The van der Waals surface area contributed by atoms with E-state index >= 15 is 0 Å². The lowest BCUT2D eigenvalue weighted by Crippen LogP contribution is -2.54. The van der Waals surface area contributed by atoms with E-state index in [-0.39, 0.29) is 5.91 Å². The Morgan fingerprint density at radius 2 is 2.06 bits per heavy atom. The second-order valence-corrected chi connectivity index (χ2v) is 4.89. The van der Waals surface area contributed by atoms with Gasteiger partial charge in [0.1, 0.15) is 5.54 Å². The van der Waals surface area contributed by atoms with Crippen LogP contribution in [0, 0.1) is 6.92 Å². The fourth-order valence-corrected chi connectivity index (χ4v) is 2.18. The van der Waals surface area contributed by atoms with E-state index in [1.54, 1.807) is 10.9 Å². The first kappa shape index (κ1) is 12.0. The number of hydrogen-bond donors (Lipinski definition) is 1. The zero-order chi connectivity index (χ0) is 12.5. The van der Waals surface area contributed by atoms with E-state index in [9.17, 15) is 4.79 Å². The number of hydrogen-bond acceptors (Lipinski definition) is 4. The molecule has 17 heavy (non-hydrogen) atoms. The van der Waals surface area contributed by atoms with Gasteiger partial charge in [0.2, 0.25) is 5.91 Å². The summed E-state index contributed by atoms with van der Waals surface area (Å²) in [6, 6.07) is 0. The minimum Gasteiger partial charge on any atom is -0.338 e.